The van der Waals surface area contributed by atoms with Gasteiger partial charge in [0.2, 0.25) is 0 Å². The third-order valence-electron chi connectivity index (χ3n) is 3.41. The van der Waals surface area contributed by atoms with E-state index in [1.807, 2.05) is 6.92 Å². The van der Waals surface area contributed by atoms with Gasteiger partial charge in [0.25, 0.3) is 0 Å². The van der Waals surface area contributed by atoms with Gasteiger partial charge >= 0.3 is 11.9 Å². The molecule has 0 saturated carbocycles. The highest BCUT2D eigenvalue weighted by atomic mass is 19.1. The first-order valence-electron chi connectivity index (χ1n) is 7.45. The average molecular weight is 334 g/mol. The molecule has 0 aromatic heterocycles. The van der Waals surface area contributed by atoms with Crippen LogP contribution in [0.5, 0.6) is 5.75 Å². The molecule has 0 aliphatic heterocycles. The molecule has 0 saturated heterocycles. The fourth-order valence-corrected chi connectivity index (χ4v) is 2.17. The number of carbonyl (C=O) groups is 2. The summed E-state index contributed by atoms with van der Waals surface area (Å²) >= 11 is 0. The highest BCUT2D eigenvalue weighted by molar-refractivity contribution is 5.93. The van der Waals surface area contributed by atoms with Gasteiger partial charge in [0.15, 0.2) is 0 Å². The van der Waals surface area contributed by atoms with Crippen molar-refractivity contribution in [1.29, 1.82) is 0 Å². The molecule has 24 heavy (non-hydrogen) atoms. The lowest BCUT2D eigenvalue weighted by molar-refractivity contribution is -0.134. The number of halogens is 2. The van der Waals surface area contributed by atoms with E-state index in [1.54, 1.807) is 0 Å². The molecule has 0 radical (unpaired) electrons. The van der Waals surface area contributed by atoms with Gasteiger partial charge in [-0.3, -0.25) is 4.79 Å². The zero-order chi connectivity index (χ0) is 17.7. The summed E-state index contributed by atoms with van der Waals surface area (Å²) < 4.78 is 31.9. The molecule has 2 aromatic carbocycles. The van der Waals surface area contributed by atoms with Crippen LogP contribution in [0.1, 0.15) is 36.5 Å². The lowest BCUT2D eigenvalue weighted by atomic mass is 10.0. The minimum Gasteiger partial charge on any atom is -0.478 e. The predicted octanol–water partition coefficient (Wildman–Crippen LogP) is 4.43. The van der Waals surface area contributed by atoms with E-state index in [0.717, 1.165) is 12.5 Å². The Balaban J connectivity index is 2.36. The summed E-state index contributed by atoms with van der Waals surface area (Å²) in [5.41, 5.74) is 0.0436. The predicted molar refractivity (Wildman–Crippen MR) is 83.9 cm³/mol. The molecule has 0 bridgehead atoms. The molecule has 126 valence electrons. The molecule has 0 aliphatic carbocycles. The van der Waals surface area contributed by atoms with Crippen LogP contribution in [0.15, 0.2) is 36.4 Å². The molecule has 6 heteroatoms. The van der Waals surface area contributed by atoms with E-state index in [4.69, 9.17) is 4.74 Å². The lowest BCUT2D eigenvalue weighted by Crippen LogP contribution is -2.11. The number of rotatable bonds is 6. The molecule has 0 fully saturated rings. The van der Waals surface area contributed by atoms with Crippen molar-refractivity contribution in [3.63, 3.8) is 0 Å². The molecule has 2 aromatic rings. The van der Waals surface area contributed by atoms with E-state index in [0.29, 0.717) is 12.5 Å². The van der Waals surface area contributed by atoms with Crippen molar-refractivity contribution >= 4 is 11.9 Å². The van der Waals surface area contributed by atoms with E-state index in [1.165, 1.54) is 24.3 Å². The fraction of sp³-hybridized carbons (Fsp3) is 0.222. The zero-order valence-electron chi connectivity index (χ0n) is 13.0. The Bertz CT molecular complexity index is 772. The Hall–Kier alpha value is -2.76. The fourth-order valence-electron chi connectivity index (χ4n) is 2.17. The topological polar surface area (TPSA) is 63.6 Å². The maximum Gasteiger partial charge on any atom is 0.339 e. The van der Waals surface area contributed by atoms with E-state index >= 15 is 0 Å². The van der Waals surface area contributed by atoms with Gasteiger partial charge in [0.05, 0.1) is 0 Å². The first kappa shape index (κ1) is 17.6. The van der Waals surface area contributed by atoms with Crippen LogP contribution in [-0.2, 0) is 4.79 Å². The second kappa shape index (κ2) is 7.68. The molecule has 0 atom stereocenters. The van der Waals surface area contributed by atoms with Gasteiger partial charge in [-0.25, -0.2) is 13.6 Å². The number of hydrogen-bond donors (Lipinski definition) is 1. The van der Waals surface area contributed by atoms with Gasteiger partial charge in [0.1, 0.15) is 22.9 Å². The third-order valence-corrected chi connectivity index (χ3v) is 3.41. The van der Waals surface area contributed by atoms with E-state index in [9.17, 15) is 23.5 Å². The largest absolute Gasteiger partial charge is 0.478 e. The number of carboxylic acid groups (broad SMARTS) is 1. The molecule has 0 heterocycles. The maximum absolute atomic E-state index is 13.8. The normalized spacial score (nSPS) is 10.5. The number of unbranched alkanes of at least 4 members (excludes halogenated alkanes) is 1. The number of carbonyl (C=O) groups excluding carboxylic acids is 1. The number of benzene rings is 2. The maximum atomic E-state index is 13.8. The van der Waals surface area contributed by atoms with Gasteiger partial charge in [-0.2, -0.15) is 0 Å². The van der Waals surface area contributed by atoms with Crippen molar-refractivity contribution in [3.8, 4) is 16.9 Å². The van der Waals surface area contributed by atoms with Crippen LogP contribution >= 0.6 is 0 Å². The molecule has 2 rings (SSSR count). The van der Waals surface area contributed by atoms with Crippen molar-refractivity contribution in [1.82, 2.24) is 0 Å². The highest BCUT2D eigenvalue weighted by Crippen LogP contribution is 2.29. The van der Waals surface area contributed by atoms with Crippen molar-refractivity contribution in [2.24, 2.45) is 0 Å². The summed E-state index contributed by atoms with van der Waals surface area (Å²) in [5, 5.41) is 9.29. The minimum absolute atomic E-state index is 0.0581. The number of aromatic carboxylic acids is 1. The SMILES string of the molecule is CCCCC(=O)Oc1ccc(-c2ccc(F)cc2F)cc1C(=O)O. The quantitative estimate of drug-likeness (QED) is 0.627. The Morgan fingerprint density at radius 3 is 2.50 bits per heavy atom. The number of hydrogen-bond acceptors (Lipinski definition) is 3. The molecular formula is C18H16F2O4. The van der Waals surface area contributed by atoms with Gasteiger partial charge in [-0.15, -0.1) is 0 Å². The number of ether oxygens (including phenoxy) is 1. The zero-order valence-corrected chi connectivity index (χ0v) is 13.0. The van der Waals surface area contributed by atoms with Crippen molar-refractivity contribution in [3.05, 3.63) is 53.6 Å². The Morgan fingerprint density at radius 1 is 1.12 bits per heavy atom. The van der Waals surface area contributed by atoms with Crippen LogP contribution in [0.2, 0.25) is 0 Å². The van der Waals surface area contributed by atoms with Crippen LogP contribution < -0.4 is 4.74 Å². The summed E-state index contributed by atoms with van der Waals surface area (Å²) in [4.78, 5) is 23.1. The molecule has 0 aliphatic rings. The van der Waals surface area contributed by atoms with Gasteiger partial charge in [0, 0.05) is 18.1 Å². The van der Waals surface area contributed by atoms with E-state index in [-0.39, 0.29) is 28.9 Å². The Morgan fingerprint density at radius 2 is 1.88 bits per heavy atom. The second-order valence-electron chi connectivity index (χ2n) is 5.22. The summed E-state index contributed by atoms with van der Waals surface area (Å²) in [7, 11) is 0. The molecular weight excluding hydrogens is 318 g/mol. The monoisotopic (exact) mass is 334 g/mol. The van der Waals surface area contributed by atoms with Gasteiger partial charge in [-0.1, -0.05) is 19.4 Å². The molecule has 0 unspecified atom stereocenters. The van der Waals surface area contributed by atoms with Gasteiger partial charge in [-0.05, 0) is 36.2 Å². The van der Waals surface area contributed by atoms with E-state index in [2.05, 4.69) is 0 Å². The smallest absolute Gasteiger partial charge is 0.339 e. The first-order chi connectivity index (χ1) is 11.4. The van der Waals surface area contributed by atoms with Gasteiger partial charge < -0.3 is 9.84 Å². The summed E-state index contributed by atoms with van der Waals surface area (Å²) in [6.45, 7) is 1.92. The first-order valence-corrected chi connectivity index (χ1v) is 7.45. The average Bonchev–Trinajstić information content (AvgIpc) is 2.53. The summed E-state index contributed by atoms with van der Waals surface area (Å²) in [5.74, 6) is -3.47. The number of esters is 1. The standard InChI is InChI=1S/C18H16F2O4/c1-2-3-4-17(21)24-16-8-5-11(9-14(16)18(22)23)13-7-6-12(19)10-15(13)20/h5-10H,2-4H2,1H3,(H,22,23). The van der Waals surface area contributed by atoms with Crippen LogP contribution in [-0.4, -0.2) is 17.0 Å². The lowest BCUT2D eigenvalue weighted by Gasteiger charge is -2.10. The highest BCUT2D eigenvalue weighted by Gasteiger charge is 2.17. The van der Waals surface area contributed by atoms with E-state index < -0.39 is 23.6 Å². The van der Waals surface area contributed by atoms with Crippen LogP contribution in [0, 0.1) is 11.6 Å². The van der Waals surface area contributed by atoms with Crippen molar-refractivity contribution in [2.45, 2.75) is 26.2 Å². The van der Waals surface area contributed by atoms with Crippen molar-refractivity contribution < 1.29 is 28.2 Å². The Labute approximate surface area is 137 Å². The molecule has 1 N–H and O–H groups in total. The van der Waals surface area contributed by atoms with Crippen molar-refractivity contribution in [2.75, 3.05) is 0 Å². The Kier molecular flexibility index (Phi) is 5.63. The second-order valence-corrected chi connectivity index (χ2v) is 5.22. The summed E-state index contributed by atoms with van der Waals surface area (Å²) in [6.07, 6.45) is 1.63. The summed E-state index contributed by atoms with van der Waals surface area (Å²) in [6, 6.07) is 6.93. The molecule has 0 spiro atoms. The van der Waals surface area contributed by atoms with Crippen LogP contribution in [0.3, 0.4) is 0 Å². The minimum atomic E-state index is -1.31. The van der Waals surface area contributed by atoms with Crippen LogP contribution in [0.25, 0.3) is 11.1 Å². The number of carboxylic acids is 1. The third kappa shape index (κ3) is 4.16. The van der Waals surface area contributed by atoms with Crippen LogP contribution in [0.4, 0.5) is 8.78 Å². The molecule has 4 nitrogen and oxygen atoms in total. The molecule has 0 amide bonds.